The van der Waals surface area contributed by atoms with Crippen LogP contribution in [-0.2, 0) is 0 Å². The first-order valence-electron chi connectivity index (χ1n) is 6.54. The third kappa shape index (κ3) is 1.19. The van der Waals surface area contributed by atoms with Crippen LogP contribution in [0.4, 0.5) is 0 Å². The van der Waals surface area contributed by atoms with Gasteiger partial charge in [-0.3, -0.25) is 0 Å². The van der Waals surface area contributed by atoms with Crippen molar-refractivity contribution in [2.75, 3.05) is 0 Å². The molecular weight excluding hydrogens is 184 g/mol. The molecule has 3 rings (SSSR count). The molecule has 0 heterocycles. The third-order valence-corrected chi connectivity index (χ3v) is 5.23. The molecule has 0 saturated heterocycles. The van der Waals surface area contributed by atoms with E-state index in [0.29, 0.717) is 5.41 Å². The number of hydrogen-bond acceptors (Lipinski definition) is 1. The van der Waals surface area contributed by atoms with Crippen molar-refractivity contribution in [3.8, 4) is 0 Å². The van der Waals surface area contributed by atoms with Crippen molar-refractivity contribution in [1.29, 1.82) is 0 Å². The fourth-order valence-corrected chi connectivity index (χ4v) is 4.56. The van der Waals surface area contributed by atoms with E-state index in [9.17, 15) is 5.11 Å². The molecule has 0 aromatic carbocycles. The minimum Gasteiger partial charge on any atom is -0.389 e. The molecule has 1 fully saturated rings. The van der Waals surface area contributed by atoms with Crippen LogP contribution < -0.4 is 0 Å². The second-order valence-electron chi connectivity index (χ2n) is 6.21. The molecule has 0 radical (unpaired) electrons. The maximum atomic E-state index is 10.2. The number of aliphatic hydroxyl groups is 1. The summed E-state index contributed by atoms with van der Waals surface area (Å²) in [6.07, 6.45) is 7.47. The highest BCUT2D eigenvalue weighted by Gasteiger charge is 2.51. The maximum Gasteiger partial charge on any atom is 0.0755 e. The first-order valence-corrected chi connectivity index (χ1v) is 6.54. The fraction of sp³-hybridized carbons (Fsp3) is 0.857. The molecule has 0 aromatic rings. The Labute approximate surface area is 92.6 Å². The smallest absolute Gasteiger partial charge is 0.0755 e. The third-order valence-electron chi connectivity index (χ3n) is 5.23. The zero-order valence-electron chi connectivity index (χ0n) is 9.92. The lowest BCUT2D eigenvalue weighted by Crippen LogP contribution is -2.22. The molecule has 84 valence electrons. The van der Waals surface area contributed by atoms with Crippen molar-refractivity contribution in [1.82, 2.24) is 0 Å². The molecule has 3 atom stereocenters. The van der Waals surface area contributed by atoms with Crippen LogP contribution in [0.25, 0.3) is 0 Å². The lowest BCUT2D eigenvalue weighted by Gasteiger charge is -2.31. The second-order valence-corrected chi connectivity index (χ2v) is 6.21. The van der Waals surface area contributed by atoms with Crippen molar-refractivity contribution in [3.63, 3.8) is 0 Å². The standard InChI is InChI=1S/C14H22O/c1-14(2)10-6-3-5-9(10)13-11(14)7-4-8-12(13)15/h9-10,12,15H,3-8H2,1-2H3. The molecule has 15 heavy (non-hydrogen) atoms. The minimum absolute atomic E-state index is 0.0962. The van der Waals surface area contributed by atoms with Crippen molar-refractivity contribution in [3.05, 3.63) is 11.1 Å². The summed E-state index contributed by atoms with van der Waals surface area (Å²) in [5.74, 6) is 1.58. The Morgan fingerprint density at radius 2 is 1.93 bits per heavy atom. The molecule has 1 saturated carbocycles. The van der Waals surface area contributed by atoms with Crippen molar-refractivity contribution < 1.29 is 5.11 Å². The van der Waals surface area contributed by atoms with E-state index in [1.54, 1.807) is 5.57 Å². The summed E-state index contributed by atoms with van der Waals surface area (Å²) >= 11 is 0. The number of allylic oxidation sites excluding steroid dienone is 1. The maximum absolute atomic E-state index is 10.2. The van der Waals surface area contributed by atoms with Gasteiger partial charge in [0.2, 0.25) is 0 Å². The largest absolute Gasteiger partial charge is 0.389 e. The summed E-state index contributed by atoms with van der Waals surface area (Å²) in [4.78, 5) is 0. The quantitative estimate of drug-likeness (QED) is 0.603. The molecule has 0 amide bonds. The van der Waals surface area contributed by atoms with Crippen LogP contribution in [0.3, 0.4) is 0 Å². The summed E-state index contributed by atoms with van der Waals surface area (Å²) in [7, 11) is 0. The van der Waals surface area contributed by atoms with Crippen molar-refractivity contribution in [2.45, 2.75) is 58.5 Å². The number of fused-ring (bicyclic) bond motifs is 2. The predicted octanol–water partition coefficient (Wildman–Crippen LogP) is 3.28. The van der Waals surface area contributed by atoms with Gasteiger partial charge in [-0.2, -0.15) is 0 Å². The second kappa shape index (κ2) is 3.10. The van der Waals surface area contributed by atoms with Gasteiger partial charge in [0.1, 0.15) is 0 Å². The van der Waals surface area contributed by atoms with E-state index < -0.39 is 0 Å². The lowest BCUT2D eigenvalue weighted by molar-refractivity contribution is 0.176. The molecule has 1 heteroatoms. The van der Waals surface area contributed by atoms with Crippen LogP contribution in [0, 0.1) is 17.3 Å². The number of aliphatic hydroxyl groups excluding tert-OH is 1. The van der Waals surface area contributed by atoms with Gasteiger partial charge in [0.15, 0.2) is 0 Å². The Hall–Kier alpha value is -0.300. The van der Waals surface area contributed by atoms with E-state index >= 15 is 0 Å². The summed E-state index contributed by atoms with van der Waals surface area (Å²) in [5, 5.41) is 10.2. The Balaban J connectivity index is 2.07. The Bertz CT molecular complexity index is 313. The first-order chi connectivity index (χ1) is 7.12. The first kappa shape index (κ1) is 9.89. The van der Waals surface area contributed by atoms with E-state index in [1.807, 2.05) is 0 Å². The molecule has 0 aliphatic heterocycles. The monoisotopic (exact) mass is 206 g/mol. The predicted molar refractivity (Wildman–Crippen MR) is 61.5 cm³/mol. The van der Waals surface area contributed by atoms with Crippen LogP contribution in [0.2, 0.25) is 0 Å². The average Bonchev–Trinajstić information content (AvgIpc) is 2.72. The molecule has 3 aliphatic rings. The molecule has 1 N–H and O–H groups in total. The van der Waals surface area contributed by atoms with Gasteiger partial charge in [0.25, 0.3) is 0 Å². The van der Waals surface area contributed by atoms with Gasteiger partial charge in [-0.15, -0.1) is 0 Å². The van der Waals surface area contributed by atoms with Gasteiger partial charge in [-0.05, 0) is 54.9 Å². The van der Waals surface area contributed by atoms with E-state index in [1.165, 1.54) is 37.7 Å². The van der Waals surface area contributed by atoms with E-state index in [4.69, 9.17) is 0 Å². The minimum atomic E-state index is -0.0962. The van der Waals surface area contributed by atoms with E-state index in [2.05, 4.69) is 13.8 Å². The molecule has 0 bridgehead atoms. The van der Waals surface area contributed by atoms with Crippen LogP contribution in [0.15, 0.2) is 11.1 Å². The van der Waals surface area contributed by atoms with Crippen molar-refractivity contribution >= 4 is 0 Å². The zero-order valence-corrected chi connectivity index (χ0v) is 9.92. The molecule has 3 aliphatic carbocycles. The summed E-state index contributed by atoms with van der Waals surface area (Å²) in [5.41, 5.74) is 3.50. The topological polar surface area (TPSA) is 20.2 Å². The Kier molecular flexibility index (Phi) is 2.04. The Morgan fingerprint density at radius 1 is 1.13 bits per heavy atom. The lowest BCUT2D eigenvalue weighted by atomic mass is 9.74. The highest BCUT2D eigenvalue weighted by molar-refractivity contribution is 5.37. The summed E-state index contributed by atoms with van der Waals surface area (Å²) in [6, 6.07) is 0. The van der Waals surface area contributed by atoms with Crippen LogP contribution >= 0.6 is 0 Å². The van der Waals surface area contributed by atoms with E-state index in [-0.39, 0.29) is 6.10 Å². The highest BCUT2D eigenvalue weighted by atomic mass is 16.3. The molecular formula is C14H22O. The van der Waals surface area contributed by atoms with Gasteiger partial charge >= 0.3 is 0 Å². The normalized spacial score (nSPS) is 43.0. The molecule has 3 unspecified atom stereocenters. The average molecular weight is 206 g/mol. The number of hydrogen-bond donors (Lipinski definition) is 1. The molecule has 0 spiro atoms. The van der Waals surface area contributed by atoms with E-state index in [0.717, 1.165) is 18.3 Å². The SMILES string of the molecule is CC1(C)C2=C(C(O)CCC2)C2CCCC21. The zero-order chi connectivity index (χ0) is 10.6. The van der Waals surface area contributed by atoms with Gasteiger partial charge in [0.05, 0.1) is 6.10 Å². The summed E-state index contributed by atoms with van der Waals surface area (Å²) < 4.78 is 0. The Morgan fingerprint density at radius 3 is 2.73 bits per heavy atom. The highest BCUT2D eigenvalue weighted by Crippen LogP contribution is 2.60. The van der Waals surface area contributed by atoms with Gasteiger partial charge in [-0.25, -0.2) is 0 Å². The molecule has 1 nitrogen and oxygen atoms in total. The van der Waals surface area contributed by atoms with Crippen LogP contribution in [0.5, 0.6) is 0 Å². The summed E-state index contributed by atoms with van der Waals surface area (Å²) in [6.45, 7) is 4.83. The molecule has 0 aromatic heterocycles. The van der Waals surface area contributed by atoms with Crippen molar-refractivity contribution in [2.24, 2.45) is 17.3 Å². The number of rotatable bonds is 0. The van der Waals surface area contributed by atoms with Crippen LogP contribution in [-0.4, -0.2) is 11.2 Å². The fourth-order valence-electron chi connectivity index (χ4n) is 4.56. The van der Waals surface area contributed by atoms with Gasteiger partial charge in [-0.1, -0.05) is 25.8 Å². The van der Waals surface area contributed by atoms with Crippen LogP contribution in [0.1, 0.15) is 52.4 Å². The van der Waals surface area contributed by atoms with Gasteiger partial charge in [0, 0.05) is 0 Å². The van der Waals surface area contributed by atoms with Gasteiger partial charge < -0.3 is 5.11 Å².